The van der Waals surface area contributed by atoms with E-state index in [-0.39, 0.29) is 11.5 Å². The highest BCUT2D eigenvalue weighted by atomic mass is 35.5. The van der Waals surface area contributed by atoms with Gasteiger partial charge in [-0.2, -0.15) is 0 Å². The first kappa shape index (κ1) is 18.2. The van der Waals surface area contributed by atoms with Crippen LogP contribution in [0.1, 0.15) is 39.2 Å². The minimum absolute atomic E-state index is 0.288. The summed E-state index contributed by atoms with van der Waals surface area (Å²) in [5, 5.41) is 1.04. The van der Waals surface area contributed by atoms with Crippen molar-refractivity contribution in [2.75, 3.05) is 13.1 Å². The first-order valence-corrected chi connectivity index (χ1v) is 8.49. The van der Waals surface area contributed by atoms with Gasteiger partial charge in [-0.05, 0) is 51.3 Å². The molecule has 0 N–H and O–H groups in total. The maximum Gasteiger partial charge on any atom is 0.410 e. The minimum atomic E-state index is -0.505. The Kier molecular flexibility index (Phi) is 5.32. The van der Waals surface area contributed by atoms with Crippen LogP contribution in [-0.2, 0) is 10.2 Å². The number of amides is 1. The molecule has 1 amide bonds. The number of ether oxygens (including phenoxy) is 1. The van der Waals surface area contributed by atoms with Crippen LogP contribution in [0.15, 0.2) is 30.9 Å². The molecule has 1 saturated heterocycles. The molecule has 0 aromatic heterocycles. The van der Waals surface area contributed by atoms with Crippen LogP contribution in [0.4, 0.5) is 4.79 Å². The summed E-state index contributed by atoms with van der Waals surface area (Å²) in [7, 11) is 0. The van der Waals surface area contributed by atoms with Crippen LogP contribution in [0.3, 0.4) is 0 Å². The molecule has 1 heterocycles. The Morgan fingerprint density at radius 1 is 1.35 bits per heavy atom. The summed E-state index contributed by atoms with van der Waals surface area (Å²) >= 11 is 12.2. The van der Waals surface area contributed by atoms with Crippen LogP contribution >= 0.6 is 23.2 Å². The number of hydrogen-bond acceptors (Lipinski definition) is 2. The van der Waals surface area contributed by atoms with E-state index in [0.717, 1.165) is 18.4 Å². The van der Waals surface area contributed by atoms with E-state index in [2.05, 4.69) is 6.58 Å². The highest BCUT2D eigenvalue weighted by molar-refractivity contribution is 6.42. The van der Waals surface area contributed by atoms with Gasteiger partial charge in [0.05, 0.1) is 10.0 Å². The quantitative estimate of drug-likeness (QED) is 0.660. The predicted molar refractivity (Wildman–Crippen MR) is 95.4 cm³/mol. The molecule has 1 aromatic rings. The predicted octanol–water partition coefficient (Wildman–Crippen LogP) is 5.45. The number of likely N-dealkylation sites (tertiary alicyclic amines) is 1. The molecule has 1 aliphatic heterocycles. The van der Waals surface area contributed by atoms with Gasteiger partial charge in [0.25, 0.3) is 0 Å². The molecule has 23 heavy (non-hydrogen) atoms. The number of halogens is 2. The zero-order chi connectivity index (χ0) is 17.3. The summed E-state index contributed by atoms with van der Waals surface area (Å²) in [6, 6.07) is 5.61. The average molecular weight is 356 g/mol. The fraction of sp³-hybridized carbons (Fsp3) is 0.500. The Labute approximate surface area is 148 Å². The minimum Gasteiger partial charge on any atom is -0.444 e. The lowest BCUT2D eigenvalue weighted by atomic mass is 9.74. The van der Waals surface area contributed by atoms with Gasteiger partial charge in [-0.25, -0.2) is 4.79 Å². The van der Waals surface area contributed by atoms with Gasteiger partial charge < -0.3 is 9.64 Å². The molecule has 1 unspecified atom stereocenters. The lowest BCUT2D eigenvalue weighted by Crippen LogP contribution is -2.49. The molecule has 1 fully saturated rings. The zero-order valence-electron chi connectivity index (χ0n) is 13.9. The molecular weight excluding hydrogens is 333 g/mol. The van der Waals surface area contributed by atoms with Crippen molar-refractivity contribution in [3.05, 3.63) is 46.5 Å². The molecule has 0 spiro atoms. The maximum absolute atomic E-state index is 12.4. The Morgan fingerprint density at radius 3 is 2.61 bits per heavy atom. The van der Waals surface area contributed by atoms with Gasteiger partial charge in [0, 0.05) is 18.5 Å². The first-order valence-electron chi connectivity index (χ1n) is 7.74. The van der Waals surface area contributed by atoms with Crippen LogP contribution in [0.5, 0.6) is 0 Å². The van der Waals surface area contributed by atoms with Crippen LogP contribution in [0.25, 0.3) is 0 Å². The summed E-state index contributed by atoms with van der Waals surface area (Å²) in [5.41, 5.74) is 0.188. The molecule has 1 atom stereocenters. The molecule has 0 radical (unpaired) electrons. The van der Waals surface area contributed by atoms with Crippen molar-refractivity contribution in [3.8, 4) is 0 Å². The van der Waals surface area contributed by atoms with E-state index in [1.807, 2.05) is 39.0 Å². The van der Waals surface area contributed by atoms with E-state index in [1.54, 1.807) is 11.0 Å². The van der Waals surface area contributed by atoms with E-state index in [9.17, 15) is 4.79 Å². The molecule has 126 valence electrons. The fourth-order valence-electron chi connectivity index (χ4n) is 2.89. The van der Waals surface area contributed by atoms with Crippen LogP contribution in [-0.4, -0.2) is 29.7 Å². The molecule has 0 bridgehead atoms. The van der Waals surface area contributed by atoms with Gasteiger partial charge >= 0.3 is 6.09 Å². The molecule has 0 aliphatic carbocycles. The van der Waals surface area contributed by atoms with Gasteiger partial charge in [0.1, 0.15) is 5.60 Å². The Morgan fingerprint density at radius 2 is 2.04 bits per heavy atom. The molecule has 2 rings (SSSR count). The van der Waals surface area contributed by atoms with Crippen molar-refractivity contribution in [3.63, 3.8) is 0 Å². The van der Waals surface area contributed by atoms with Gasteiger partial charge in [-0.15, -0.1) is 6.58 Å². The van der Waals surface area contributed by atoms with Crippen molar-refractivity contribution in [2.24, 2.45) is 0 Å². The summed E-state index contributed by atoms with van der Waals surface area (Å²) in [6.07, 6.45) is 3.41. The Bertz CT molecular complexity index is 610. The topological polar surface area (TPSA) is 29.5 Å². The summed E-state index contributed by atoms with van der Waals surface area (Å²) in [4.78, 5) is 14.1. The Hall–Kier alpha value is -1.19. The van der Waals surface area contributed by atoms with E-state index in [4.69, 9.17) is 27.9 Å². The molecule has 3 nitrogen and oxygen atoms in total. The number of benzene rings is 1. The second-order valence-electron chi connectivity index (χ2n) is 6.99. The molecule has 0 saturated carbocycles. The van der Waals surface area contributed by atoms with E-state index >= 15 is 0 Å². The van der Waals surface area contributed by atoms with E-state index in [0.29, 0.717) is 23.1 Å². The summed E-state index contributed by atoms with van der Waals surface area (Å²) < 4.78 is 5.50. The zero-order valence-corrected chi connectivity index (χ0v) is 15.4. The lowest BCUT2D eigenvalue weighted by molar-refractivity contribution is 0.0164. The molecule has 1 aromatic carbocycles. The third-order valence-electron chi connectivity index (χ3n) is 4.06. The smallest absolute Gasteiger partial charge is 0.410 e. The third-order valence-corrected chi connectivity index (χ3v) is 4.80. The second kappa shape index (κ2) is 6.74. The van der Waals surface area contributed by atoms with Gasteiger partial charge in [0.15, 0.2) is 0 Å². The largest absolute Gasteiger partial charge is 0.444 e. The fourth-order valence-corrected chi connectivity index (χ4v) is 3.19. The van der Waals surface area contributed by atoms with Crippen LogP contribution in [0.2, 0.25) is 10.0 Å². The van der Waals surface area contributed by atoms with Crippen molar-refractivity contribution in [1.29, 1.82) is 0 Å². The van der Waals surface area contributed by atoms with Crippen molar-refractivity contribution in [2.45, 2.75) is 44.6 Å². The number of piperidine rings is 1. The maximum atomic E-state index is 12.4. The van der Waals surface area contributed by atoms with Crippen molar-refractivity contribution in [1.82, 2.24) is 4.90 Å². The number of carbonyl (C=O) groups is 1. The van der Waals surface area contributed by atoms with Gasteiger partial charge in [0.2, 0.25) is 0 Å². The summed E-state index contributed by atoms with van der Waals surface area (Å²) in [5.74, 6) is 0. The SMILES string of the molecule is C=CC1(c2ccc(Cl)c(Cl)c2)CCCN(C(=O)OC(C)(C)C)C1. The molecular formula is C18H23Cl2NO2. The molecule has 1 aliphatic rings. The van der Waals surface area contributed by atoms with Crippen molar-refractivity contribution < 1.29 is 9.53 Å². The first-order chi connectivity index (χ1) is 10.7. The third kappa shape index (κ3) is 4.21. The van der Waals surface area contributed by atoms with Crippen molar-refractivity contribution >= 4 is 29.3 Å². The number of rotatable bonds is 2. The van der Waals surface area contributed by atoms with Gasteiger partial charge in [-0.3, -0.25) is 0 Å². The normalized spacial score (nSPS) is 21.9. The van der Waals surface area contributed by atoms with E-state index in [1.165, 1.54) is 0 Å². The second-order valence-corrected chi connectivity index (χ2v) is 7.81. The lowest BCUT2D eigenvalue weighted by Gasteiger charge is -2.41. The van der Waals surface area contributed by atoms with E-state index < -0.39 is 5.60 Å². The highest BCUT2D eigenvalue weighted by Crippen LogP contribution is 2.38. The van der Waals surface area contributed by atoms with Crippen LogP contribution in [0, 0.1) is 0 Å². The van der Waals surface area contributed by atoms with Gasteiger partial charge in [-0.1, -0.05) is 35.3 Å². The Balaban J connectivity index is 2.26. The highest BCUT2D eigenvalue weighted by Gasteiger charge is 2.37. The average Bonchev–Trinajstić information content (AvgIpc) is 2.48. The number of nitrogens with zero attached hydrogens (tertiary/aromatic N) is 1. The number of carbonyl (C=O) groups excluding carboxylic acids is 1. The standard InChI is InChI=1S/C18H23Cl2NO2/c1-5-18(13-7-8-14(19)15(20)11-13)9-6-10-21(12-18)16(22)23-17(2,3)4/h5,7-8,11H,1,6,9-10,12H2,2-4H3. The van der Waals surface area contributed by atoms with Crippen LogP contribution < -0.4 is 0 Å². The monoisotopic (exact) mass is 355 g/mol. The molecule has 5 heteroatoms. The summed E-state index contributed by atoms with van der Waals surface area (Å²) in [6.45, 7) is 10.8. The number of hydrogen-bond donors (Lipinski definition) is 0.